The minimum atomic E-state index is -1.17. The van der Waals surface area contributed by atoms with Crippen LogP contribution in [0.4, 0.5) is 9.18 Å². The molecule has 0 saturated carbocycles. The first-order valence-corrected chi connectivity index (χ1v) is 12.9. The molecule has 41 heavy (non-hydrogen) atoms. The highest BCUT2D eigenvalue weighted by Gasteiger charge is 2.46. The first kappa shape index (κ1) is 27.8. The van der Waals surface area contributed by atoms with Crippen LogP contribution in [0.2, 0.25) is 5.15 Å². The van der Waals surface area contributed by atoms with E-state index >= 15 is 0 Å². The van der Waals surface area contributed by atoms with Crippen molar-refractivity contribution in [1.29, 1.82) is 0 Å². The molecule has 12 heteroatoms. The van der Waals surface area contributed by atoms with Crippen LogP contribution in [0.15, 0.2) is 89.5 Å². The van der Waals surface area contributed by atoms with Crippen molar-refractivity contribution in [3.8, 4) is 5.75 Å². The van der Waals surface area contributed by atoms with Crippen molar-refractivity contribution in [2.45, 2.75) is 18.9 Å². The Balaban J connectivity index is 1.52. The van der Waals surface area contributed by atoms with Gasteiger partial charge in [-0.05, 0) is 29.3 Å². The number of ketones is 1. The van der Waals surface area contributed by atoms with Gasteiger partial charge in [-0.2, -0.15) is 0 Å². The average Bonchev–Trinajstić information content (AvgIpc) is 2.96. The lowest BCUT2D eigenvalue weighted by Gasteiger charge is -2.36. The number of methoxy groups -OCH3 is 1. The lowest BCUT2D eigenvalue weighted by molar-refractivity contribution is -0.431. The van der Waals surface area contributed by atoms with Gasteiger partial charge in [0.15, 0.2) is 17.3 Å². The summed E-state index contributed by atoms with van der Waals surface area (Å²) in [6.45, 7) is -0.404. The summed E-state index contributed by atoms with van der Waals surface area (Å²) in [5.74, 6) is -2.28. The monoisotopic (exact) mass is 578 g/mol. The fourth-order valence-corrected chi connectivity index (χ4v) is 5.22. The summed E-state index contributed by atoms with van der Waals surface area (Å²) in [7, 11) is 1.33. The molecule has 1 atom stereocenters. The van der Waals surface area contributed by atoms with Crippen LogP contribution in [0.3, 0.4) is 0 Å². The van der Waals surface area contributed by atoms with E-state index in [4.69, 9.17) is 21.1 Å². The number of rotatable bonds is 7. The maximum Gasteiger partial charge on any atom is 0.410 e. The van der Waals surface area contributed by atoms with E-state index in [9.17, 15) is 24.1 Å². The predicted octanol–water partition coefficient (Wildman–Crippen LogP) is 4.78. The molecule has 2 aromatic carbocycles. The molecular formula is C29H24ClFN4O6. The zero-order chi connectivity index (χ0) is 29.1. The Morgan fingerprint density at radius 1 is 1.17 bits per heavy atom. The molecule has 0 saturated heterocycles. The van der Waals surface area contributed by atoms with Crippen LogP contribution in [0, 0.1) is 15.9 Å². The van der Waals surface area contributed by atoms with Gasteiger partial charge in [0, 0.05) is 29.5 Å². The number of Topliss-reactive ketones (excluding diaryl/α,β-unsaturated/α-hetero) is 1. The van der Waals surface area contributed by atoms with E-state index in [1.807, 2.05) is 18.2 Å². The number of nitro groups is 1. The van der Waals surface area contributed by atoms with Crippen LogP contribution in [0.5, 0.6) is 5.75 Å². The highest BCUT2D eigenvalue weighted by Crippen LogP contribution is 2.43. The maximum absolute atomic E-state index is 14.5. The smallest absolute Gasteiger partial charge is 0.410 e. The number of carbonyl (C=O) groups excluding carboxylic acids is 2. The van der Waals surface area contributed by atoms with E-state index in [0.717, 1.165) is 5.56 Å². The van der Waals surface area contributed by atoms with E-state index in [-0.39, 0.29) is 65.2 Å². The molecule has 1 N–H and O–H groups in total. The Morgan fingerprint density at radius 3 is 2.63 bits per heavy atom. The van der Waals surface area contributed by atoms with Gasteiger partial charge >= 0.3 is 6.09 Å². The molecule has 1 unspecified atom stereocenters. The third-order valence-electron chi connectivity index (χ3n) is 6.84. The summed E-state index contributed by atoms with van der Waals surface area (Å²) in [5, 5.41) is 15.5. The third-order valence-corrected chi connectivity index (χ3v) is 7.15. The van der Waals surface area contributed by atoms with Gasteiger partial charge < -0.3 is 14.8 Å². The molecule has 0 radical (unpaired) electrons. The Morgan fingerprint density at radius 2 is 1.95 bits per heavy atom. The first-order chi connectivity index (χ1) is 19.8. The average molecular weight is 579 g/mol. The van der Waals surface area contributed by atoms with E-state index in [2.05, 4.69) is 10.3 Å². The molecule has 2 aliphatic rings. The molecule has 3 aromatic rings. The number of hydrogen-bond donors (Lipinski definition) is 1. The Hall–Kier alpha value is -4.77. The van der Waals surface area contributed by atoms with Crippen molar-refractivity contribution in [2.75, 3.05) is 20.2 Å². The fourth-order valence-electron chi connectivity index (χ4n) is 4.99. The lowest BCUT2D eigenvalue weighted by Crippen LogP contribution is -2.48. The van der Waals surface area contributed by atoms with Gasteiger partial charge in [0.05, 0.1) is 30.8 Å². The second-order valence-electron chi connectivity index (χ2n) is 9.42. The van der Waals surface area contributed by atoms with Gasteiger partial charge in [-0.3, -0.25) is 19.8 Å². The highest BCUT2D eigenvalue weighted by atomic mass is 35.5. The molecule has 5 rings (SSSR count). The number of aromatic nitrogens is 1. The minimum absolute atomic E-state index is 0.00191. The predicted molar refractivity (Wildman–Crippen MR) is 146 cm³/mol. The Bertz CT molecular complexity index is 1590. The van der Waals surface area contributed by atoms with E-state index in [1.54, 1.807) is 30.3 Å². The zero-order valence-corrected chi connectivity index (χ0v) is 22.6. The van der Waals surface area contributed by atoms with Gasteiger partial charge in [-0.1, -0.05) is 54.1 Å². The van der Waals surface area contributed by atoms with Crippen LogP contribution < -0.4 is 10.1 Å². The maximum atomic E-state index is 14.5. The van der Waals surface area contributed by atoms with Gasteiger partial charge in [0.25, 0.3) is 5.70 Å². The standard InChI is InChI=1S/C29H24ClFN4O6/c1-40-24-10-9-18(12-20(24)31)13-21-27(35(38)39)25(19-8-5-11-32-28(19)30)26-22(33-21)14-34(15-23(26)36)29(37)41-16-17-6-3-2-4-7-17/h2-12,25,33H,13-16H2,1H3. The summed E-state index contributed by atoms with van der Waals surface area (Å²) in [6, 6.07) is 16.5. The summed E-state index contributed by atoms with van der Waals surface area (Å²) >= 11 is 6.39. The summed E-state index contributed by atoms with van der Waals surface area (Å²) < 4.78 is 24.9. The van der Waals surface area contributed by atoms with Crippen LogP contribution in [0.25, 0.3) is 0 Å². The Kier molecular flexibility index (Phi) is 7.97. The van der Waals surface area contributed by atoms with Gasteiger partial charge in [-0.25, -0.2) is 14.2 Å². The van der Waals surface area contributed by atoms with E-state index in [0.29, 0.717) is 5.56 Å². The largest absolute Gasteiger partial charge is 0.494 e. The zero-order valence-electron chi connectivity index (χ0n) is 21.8. The molecule has 10 nitrogen and oxygen atoms in total. The number of carbonyl (C=O) groups is 2. The van der Waals surface area contributed by atoms with Crippen molar-refractivity contribution in [1.82, 2.24) is 15.2 Å². The van der Waals surface area contributed by atoms with Gasteiger partial charge in [-0.15, -0.1) is 0 Å². The molecule has 210 valence electrons. The molecule has 0 spiro atoms. The van der Waals surface area contributed by atoms with E-state index < -0.39 is 28.5 Å². The van der Waals surface area contributed by atoms with Crippen LogP contribution in [0.1, 0.15) is 22.6 Å². The number of pyridine rings is 1. The third kappa shape index (κ3) is 5.75. The molecule has 3 heterocycles. The number of amides is 1. The number of nitrogens with zero attached hydrogens (tertiary/aromatic N) is 3. The van der Waals surface area contributed by atoms with Crippen molar-refractivity contribution < 1.29 is 28.4 Å². The summed E-state index contributed by atoms with van der Waals surface area (Å²) in [4.78, 5) is 43.7. The summed E-state index contributed by atoms with van der Waals surface area (Å²) in [6.07, 6.45) is 0.649. The van der Waals surface area contributed by atoms with Crippen molar-refractivity contribution >= 4 is 23.5 Å². The van der Waals surface area contributed by atoms with Gasteiger partial charge in [0.2, 0.25) is 0 Å². The molecular weight excluding hydrogens is 555 g/mol. The Labute approximate surface area is 239 Å². The highest BCUT2D eigenvalue weighted by molar-refractivity contribution is 6.30. The van der Waals surface area contributed by atoms with Crippen molar-refractivity contribution in [2.24, 2.45) is 0 Å². The van der Waals surface area contributed by atoms with Crippen molar-refractivity contribution in [3.05, 3.63) is 127 Å². The SMILES string of the molecule is COc1ccc(CC2=C([N+](=O)[O-])C(c3cccnc3Cl)C3=C(CN(C(=O)OCc4ccccc4)CC3=O)N2)cc1F. The molecule has 1 amide bonds. The number of dihydropyridines is 1. The number of halogens is 2. The molecule has 1 aromatic heterocycles. The summed E-state index contributed by atoms with van der Waals surface area (Å²) in [5.41, 5.74) is 1.67. The quantitative estimate of drug-likeness (QED) is 0.241. The normalized spacial score (nSPS) is 16.7. The molecule has 2 aliphatic heterocycles. The fraction of sp³-hybridized carbons (Fsp3) is 0.207. The lowest BCUT2D eigenvalue weighted by atomic mass is 9.80. The van der Waals surface area contributed by atoms with Crippen LogP contribution in [-0.4, -0.2) is 46.9 Å². The second kappa shape index (κ2) is 11.8. The topological polar surface area (TPSA) is 124 Å². The minimum Gasteiger partial charge on any atom is -0.494 e. The second-order valence-corrected chi connectivity index (χ2v) is 9.78. The molecule has 0 fully saturated rings. The number of hydrogen-bond acceptors (Lipinski definition) is 8. The number of allylic oxidation sites excluding steroid dienone is 2. The van der Waals surface area contributed by atoms with Crippen molar-refractivity contribution in [3.63, 3.8) is 0 Å². The van der Waals surface area contributed by atoms with Crippen LogP contribution in [-0.2, 0) is 22.6 Å². The van der Waals surface area contributed by atoms with Gasteiger partial charge in [0.1, 0.15) is 17.7 Å². The number of benzene rings is 2. The number of nitrogens with one attached hydrogen (secondary N) is 1. The molecule has 0 aliphatic carbocycles. The molecule has 0 bridgehead atoms. The van der Waals surface area contributed by atoms with E-state index in [1.165, 1.54) is 30.3 Å². The van der Waals surface area contributed by atoms with Crippen LogP contribution >= 0.6 is 11.6 Å². The number of ether oxygens (including phenoxy) is 2. The first-order valence-electron chi connectivity index (χ1n) is 12.6.